The van der Waals surface area contributed by atoms with Gasteiger partial charge in [-0.1, -0.05) is 12.1 Å². The van der Waals surface area contributed by atoms with Crippen LogP contribution in [0.25, 0.3) is 0 Å². The molecule has 0 N–H and O–H groups in total. The quantitative estimate of drug-likeness (QED) is 0.605. The first-order valence-corrected chi connectivity index (χ1v) is 13.3. The molecular weight excluding hydrogens is 456 g/mol. The van der Waals surface area contributed by atoms with Crippen molar-refractivity contribution in [3.63, 3.8) is 0 Å². The first-order chi connectivity index (χ1) is 15.9. The molecule has 2 aliphatic rings. The van der Waals surface area contributed by atoms with Gasteiger partial charge in [0.15, 0.2) is 9.84 Å². The molecule has 0 spiro atoms. The van der Waals surface area contributed by atoms with Crippen LogP contribution in [0.15, 0.2) is 53.4 Å². The van der Waals surface area contributed by atoms with Crippen molar-refractivity contribution in [2.45, 2.75) is 56.6 Å². The fraction of sp³-hybridized carbons (Fsp3) is 0.480. The number of piperidine rings is 1. The van der Waals surface area contributed by atoms with Gasteiger partial charge in [-0.05, 0) is 88.3 Å². The molecule has 0 atom stereocenters. The maximum absolute atomic E-state index is 13.1. The van der Waals surface area contributed by atoms with Crippen LogP contribution in [-0.2, 0) is 19.1 Å². The average Bonchev–Trinajstić information content (AvgIpc) is 3.01. The largest absolute Gasteiger partial charge is 0.494 e. The number of carbonyl (C=O) groups excluding carboxylic acids is 1. The Hall–Kier alpha value is -2.23. The maximum atomic E-state index is 13.1. The SMILES string of the molecule is CC1(C)OB(c2ccc(S(=O)(=O)CC3CCN(C(=O)c4ccc(F)cc4)CC3)cc2)OC1(C)C. The zero-order chi connectivity index (χ0) is 24.7. The first kappa shape index (κ1) is 24.9. The molecule has 2 heterocycles. The topological polar surface area (TPSA) is 72.9 Å². The third-order valence-corrected chi connectivity index (χ3v) is 9.11. The van der Waals surface area contributed by atoms with Crippen molar-refractivity contribution in [3.8, 4) is 0 Å². The summed E-state index contributed by atoms with van der Waals surface area (Å²) in [6.45, 7) is 8.87. The molecule has 4 rings (SSSR count). The lowest BCUT2D eigenvalue weighted by atomic mass is 9.79. The van der Waals surface area contributed by atoms with Gasteiger partial charge >= 0.3 is 7.12 Å². The molecule has 2 aromatic rings. The van der Waals surface area contributed by atoms with E-state index in [1.807, 2.05) is 27.7 Å². The van der Waals surface area contributed by atoms with Crippen LogP contribution in [0.1, 0.15) is 50.9 Å². The van der Waals surface area contributed by atoms with Gasteiger partial charge in [0, 0.05) is 18.7 Å². The third-order valence-electron chi connectivity index (χ3n) is 7.21. The molecule has 2 saturated heterocycles. The van der Waals surface area contributed by atoms with E-state index < -0.39 is 28.2 Å². The molecule has 0 aliphatic carbocycles. The Labute approximate surface area is 201 Å². The first-order valence-electron chi connectivity index (χ1n) is 11.6. The van der Waals surface area contributed by atoms with Crippen molar-refractivity contribution in [3.05, 3.63) is 59.9 Å². The molecule has 34 heavy (non-hydrogen) atoms. The van der Waals surface area contributed by atoms with E-state index in [0.717, 1.165) is 5.46 Å². The zero-order valence-electron chi connectivity index (χ0n) is 20.1. The number of likely N-dealkylation sites (tertiary alicyclic amines) is 1. The van der Waals surface area contributed by atoms with E-state index in [-0.39, 0.29) is 28.3 Å². The molecule has 2 aromatic carbocycles. The van der Waals surface area contributed by atoms with Crippen LogP contribution in [0.3, 0.4) is 0 Å². The number of nitrogens with zero attached hydrogens (tertiary/aromatic N) is 1. The highest BCUT2D eigenvalue weighted by Gasteiger charge is 2.51. The van der Waals surface area contributed by atoms with Crippen molar-refractivity contribution < 1.29 is 26.9 Å². The van der Waals surface area contributed by atoms with Gasteiger partial charge in [0.1, 0.15) is 5.82 Å². The second-order valence-corrected chi connectivity index (χ2v) is 12.2. The van der Waals surface area contributed by atoms with Crippen LogP contribution in [0.2, 0.25) is 0 Å². The minimum atomic E-state index is -3.47. The lowest BCUT2D eigenvalue weighted by Crippen LogP contribution is -2.41. The Morgan fingerprint density at radius 3 is 2.03 bits per heavy atom. The summed E-state index contributed by atoms with van der Waals surface area (Å²) < 4.78 is 51.3. The zero-order valence-corrected chi connectivity index (χ0v) is 20.9. The van der Waals surface area contributed by atoms with Crippen molar-refractivity contribution in [1.29, 1.82) is 0 Å². The minimum absolute atomic E-state index is 0.0231. The van der Waals surface area contributed by atoms with E-state index in [1.54, 1.807) is 29.2 Å². The summed E-state index contributed by atoms with van der Waals surface area (Å²) >= 11 is 0. The van der Waals surface area contributed by atoms with Crippen LogP contribution >= 0.6 is 0 Å². The van der Waals surface area contributed by atoms with E-state index in [4.69, 9.17) is 9.31 Å². The van der Waals surface area contributed by atoms with E-state index in [1.165, 1.54) is 24.3 Å². The molecule has 0 bridgehead atoms. The smallest absolute Gasteiger partial charge is 0.399 e. The molecular formula is C25H31BFNO5S. The predicted octanol–water partition coefficient (Wildman–Crippen LogP) is 3.45. The van der Waals surface area contributed by atoms with Gasteiger partial charge < -0.3 is 14.2 Å². The summed E-state index contributed by atoms with van der Waals surface area (Å²) in [4.78, 5) is 14.6. The van der Waals surface area contributed by atoms with Crippen LogP contribution in [0.4, 0.5) is 4.39 Å². The molecule has 6 nitrogen and oxygen atoms in total. The second-order valence-electron chi connectivity index (χ2n) is 10.2. The number of hydrogen-bond donors (Lipinski definition) is 0. The van der Waals surface area contributed by atoms with Gasteiger partial charge in [0.2, 0.25) is 0 Å². The molecule has 1 amide bonds. The van der Waals surface area contributed by atoms with E-state index in [0.29, 0.717) is 31.5 Å². The van der Waals surface area contributed by atoms with Crippen molar-refractivity contribution in [2.75, 3.05) is 18.8 Å². The Bertz CT molecular complexity index is 1120. The summed E-state index contributed by atoms with van der Waals surface area (Å²) in [6.07, 6.45) is 1.22. The number of amides is 1. The van der Waals surface area contributed by atoms with Crippen LogP contribution in [0.5, 0.6) is 0 Å². The molecule has 0 unspecified atom stereocenters. The highest BCUT2D eigenvalue weighted by atomic mass is 32.2. The van der Waals surface area contributed by atoms with Gasteiger partial charge in [-0.3, -0.25) is 4.79 Å². The number of sulfone groups is 1. The number of halogens is 1. The number of rotatable bonds is 5. The molecule has 182 valence electrons. The summed E-state index contributed by atoms with van der Waals surface area (Å²) in [5.74, 6) is -0.518. The second kappa shape index (κ2) is 9.09. The van der Waals surface area contributed by atoms with Gasteiger partial charge in [0.25, 0.3) is 5.91 Å². The minimum Gasteiger partial charge on any atom is -0.399 e. The Morgan fingerprint density at radius 2 is 1.50 bits per heavy atom. The normalized spacial score (nSPS) is 20.5. The third kappa shape index (κ3) is 5.06. The van der Waals surface area contributed by atoms with Crippen LogP contribution in [-0.4, -0.2) is 56.4 Å². The molecule has 0 aromatic heterocycles. The molecule has 9 heteroatoms. The highest BCUT2D eigenvalue weighted by molar-refractivity contribution is 7.91. The van der Waals surface area contributed by atoms with Gasteiger partial charge in [-0.15, -0.1) is 0 Å². The van der Waals surface area contributed by atoms with Crippen molar-refractivity contribution in [2.24, 2.45) is 5.92 Å². The Morgan fingerprint density at radius 1 is 0.971 bits per heavy atom. The summed E-state index contributed by atoms with van der Waals surface area (Å²) in [6, 6.07) is 12.2. The average molecular weight is 487 g/mol. The maximum Gasteiger partial charge on any atom is 0.494 e. The summed E-state index contributed by atoms with van der Waals surface area (Å²) in [5, 5.41) is 0. The standard InChI is InChI=1S/C25H31BFNO5S/c1-24(2)25(3,4)33-26(32-24)20-7-11-22(12-8-20)34(30,31)17-18-13-15-28(16-14-18)23(29)19-5-9-21(27)10-6-19/h5-12,18H,13-17H2,1-4H3. The molecule has 0 saturated carbocycles. The van der Waals surface area contributed by atoms with E-state index >= 15 is 0 Å². The lowest BCUT2D eigenvalue weighted by molar-refractivity contribution is 0.00578. The van der Waals surface area contributed by atoms with E-state index in [9.17, 15) is 17.6 Å². The monoisotopic (exact) mass is 487 g/mol. The Kier molecular flexibility index (Phi) is 6.66. The molecule has 2 aliphatic heterocycles. The lowest BCUT2D eigenvalue weighted by Gasteiger charge is -2.32. The van der Waals surface area contributed by atoms with Gasteiger partial charge in [-0.2, -0.15) is 0 Å². The van der Waals surface area contributed by atoms with Gasteiger partial charge in [0.05, 0.1) is 21.9 Å². The number of carbonyl (C=O) groups is 1. The highest BCUT2D eigenvalue weighted by Crippen LogP contribution is 2.36. The van der Waals surface area contributed by atoms with Crippen molar-refractivity contribution >= 4 is 28.3 Å². The van der Waals surface area contributed by atoms with Crippen LogP contribution < -0.4 is 5.46 Å². The molecule has 2 fully saturated rings. The Balaban J connectivity index is 1.35. The van der Waals surface area contributed by atoms with Crippen molar-refractivity contribution in [1.82, 2.24) is 4.90 Å². The van der Waals surface area contributed by atoms with Gasteiger partial charge in [-0.25, -0.2) is 12.8 Å². The summed E-state index contributed by atoms with van der Waals surface area (Å²) in [5.41, 5.74) is 0.296. The number of hydrogen-bond acceptors (Lipinski definition) is 5. The summed E-state index contributed by atoms with van der Waals surface area (Å²) in [7, 11) is -4.00. The van der Waals surface area contributed by atoms with Crippen LogP contribution in [0, 0.1) is 11.7 Å². The fourth-order valence-corrected chi connectivity index (χ4v) is 5.99. The van der Waals surface area contributed by atoms with E-state index in [2.05, 4.69) is 0 Å². The number of benzene rings is 2. The predicted molar refractivity (Wildman–Crippen MR) is 129 cm³/mol. The molecule has 0 radical (unpaired) electrons. The fourth-order valence-electron chi connectivity index (χ4n) is 4.30.